The van der Waals surface area contributed by atoms with Crippen molar-refractivity contribution in [2.24, 2.45) is 0 Å². The van der Waals surface area contributed by atoms with Crippen molar-refractivity contribution >= 4 is 22.2 Å². The zero-order chi connectivity index (χ0) is 8.27. The van der Waals surface area contributed by atoms with Crippen LogP contribution in [0, 0.1) is 0 Å². The normalized spacial score (nSPS) is 10.0. The molecule has 0 N–H and O–H groups in total. The number of hydrogen-bond donors (Lipinski definition) is 0. The smallest absolute Gasteiger partial charge is 0.154 e. The summed E-state index contributed by atoms with van der Waals surface area (Å²) in [7, 11) is 0. The Kier molecular flexibility index (Phi) is 2.82. The summed E-state index contributed by atoms with van der Waals surface area (Å²) >= 11 is 3.28. The molecule has 1 aromatic heterocycles. The summed E-state index contributed by atoms with van der Waals surface area (Å²) in [6.45, 7) is 2.91. The van der Waals surface area contributed by atoms with Crippen molar-refractivity contribution in [1.29, 1.82) is 0 Å². The van der Waals surface area contributed by atoms with Crippen molar-refractivity contribution in [3.63, 3.8) is 0 Å². The van der Waals surface area contributed by atoms with E-state index in [0.717, 1.165) is 23.9 Å². The molecule has 1 aromatic rings. The Hall–Kier alpha value is -0.640. The number of hydrogen-bond acceptors (Lipinski definition) is 2. The van der Waals surface area contributed by atoms with Crippen LogP contribution >= 0.6 is 15.9 Å². The van der Waals surface area contributed by atoms with Crippen LogP contribution in [0.4, 0.5) is 0 Å². The highest BCUT2D eigenvalue weighted by atomic mass is 79.9. The SMILES string of the molecule is CCCn1ncc(C=O)c1Br. The van der Waals surface area contributed by atoms with Crippen LogP contribution in [0.5, 0.6) is 0 Å². The summed E-state index contributed by atoms with van der Waals surface area (Å²) in [4.78, 5) is 10.4. The van der Waals surface area contributed by atoms with E-state index >= 15 is 0 Å². The van der Waals surface area contributed by atoms with Gasteiger partial charge in [0.05, 0.1) is 11.8 Å². The molecule has 1 heterocycles. The highest BCUT2D eigenvalue weighted by molar-refractivity contribution is 9.10. The molecular weight excluding hydrogens is 208 g/mol. The molecule has 1 rings (SSSR count). The molecule has 0 fully saturated rings. The molecule has 0 aromatic carbocycles. The number of carbonyl (C=O) groups excluding carboxylic acids is 1. The Morgan fingerprint density at radius 1 is 1.82 bits per heavy atom. The number of aldehydes is 1. The van der Waals surface area contributed by atoms with Crippen molar-refractivity contribution in [2.45, 2.75) is 19.9 Å². The summed E-state index contributed by atoms with van der Waals surface area (Å²) in [6.07, 6.45) is 3.37. The molecule has 0 aliphatic carbocycles. The Bertz CT molecular complexity index is 257. The van der Waals surface area contributed by atoms with Gasteiger partial charge in [0.15, 0.2) is 6.29 Å². The van der Waals surface area contributed by atoms with Crippen molar-refractivity contribution in [3.8, 4) is 0 Å². The average Bonchev–Trinajstić information content (AvgIpc) is 2.34. The molecule has 60 valence electrons. The zero-order valence-corrected chi connectivity index (χ0v) is 7.84. The van der Waals surface area contributed by atoms with Crippen LogP contribution in [0.25, 0.3) is 0 Å². The van der Waals surface area contributed by atoms with E-state index in [-0.39, 0.29) is 0 Å². The molecule has 11 heavy (non-hydrogen) atoms. The number of carbonyl (C=O) groups is 1. The third-order valence-corrected chi connectivity index (χ3v) is 2.23. The van der Waals surface area contributed by atoms with Gasteiger partial charge in [0, 0.05) is 6.54 Å². The van der Waals surface area contributed by atoms with Crippen molar-refractivity contribution in [3.05, 3.63) is 16.4 Å². The molecule has 0 spiro atoms. The lowest BCUT2D eigenvalue weighted by Crippen LogP contribution is -1.98. The minimum Gasteiger partial charge on any atom is -0.298 e. The van der Waals surface area contributed by atoms with Crippen LogP contribution in [0.3, 0.4) is 0 Å². The standard InChI is InChI=1S/C7H9BrN2O/c1-2-3-10-7(8)6(5-11)4-9-10/h4-5H,2-3H2,1H3. The first kappa shape index (κ1) is 8.46. The van der Waals surface area contributed by atoms with E-state index in [2.05, 4.69) is 28.0 Å². The van der Waals surface area contributed by atoms with Gasteiger partial charge in [-0.05, 0) is 22.4 Å². The Balaban J connectivity index is 2.90. The summed E-state index contributed by atoms with van der Waals surface area (Å²) in [5, 5.41) is 4.01. The second kappa shape index (κ2) is 3.67. The van der Waals surface area contributed by atoms with E-state index in [1.165, 1.54) is 0 Å². The molecule has 0 saturated heterocycles. The largest absolute Gasteiger partial charge is 0.298 e. The lowest BCUT2D eigenvalue weighted by molar-refractivity contribution is 0.112. The monoisotopic (exact) mass is 216 g/mol. The van der Waals surface area contributed by atoms with E-state index in [0.29, 0.717) is 5.56 Å². The van der Waals surface area contributed by atoms with Crippen molar-refractivity contribution in [1.82, 2.24) is 9.78 Å². The maximum absolute atomic E-state index is 10.4. The Morgan fingerprint density at radius 3 is 3.00 bits per heavy atom. The fourth-order valence-corrected chi connectivity index (χ4v) is 1.30. The third-order valence-electron chi connectivity index (χ3n) is 1.36. The fourth-order valence-electron chi connectivity index (χ4n) is 0.832. The number of rotatable bonds is 3. The number of halogens is 1. The predicted octanol–water partition coefficient (Wildman–Crippen LogP) is 1.87. The van der Waals surface area contributed by atoms with Crippen LogP contribution in [0.2, 0.25) is 0 Å². The van der Waals surface area contributed by atoms with Crippen LogP contribution in [-0.4, -0.2) is 16.1 Å². The van der Waals surface area contributed by atoms with Crippen LogP contribution < -0.4 is 0 Å². The first-order valence-electron chi connectivity index (χ1n) is 3.46. The lowest BCUT2D eigenvalue weighted by Gasteiger charge is -1.98. The highest BCUT2D eigenvalue weighted by Crippen LogP contribution is 2.13. The first-order valence-corrected chi connectivity index (χ1v) is 4.25. The number of aromatic nitrogens is 2. The number of aryl methyl sites for hydroxylation is 1. The van der Waals surface area contributed by atoms with Gasteiger partial charge in [0.1, 0.15) is 4.60 Å². The average molecular weight is 217 g/mol. The van der Waals surface area contributed by atoms with Crippen molar-refractivity contribution < 1.29 is 4.79 Å². The Morgan fingerprint density at radius 2 is 2.55 bits per heavy atom. The summed E-state index contributed by atoms with van der Waals surface area (Å²) in [5.74, 6) is 0. The van der Waals surface area contributed by atoms with Gasteiger partial charge >= 0.3 is 0 Å². The summed E-state index contributed by atoms with van der Waals surface area (Å²) < 4.78 is 2.54. The molecule has 4 heteroatoms. The molecule has 0 aliphatic heterocycles. The molecule has 0 unspecified atom stereocenters. The Labute approximate surface area is 73.5 Å². The minimum absolute atomic E-state index is 0.610. The van der Waals surface area contributed by atoms with Crippen molar-refractivity contribution in [2.75, 3.05) is 0 Å². The second-order valence-electron chi connectivity index (χ2n) is 2.23. The van der Waals surface area contributed by atoms with E-state index < -0.39 is 0 Å². The predicted molar refractivity (Wildman–Crippen MR) is 45.6 cm³/mol. The highest BCUT2D eigenvalue weighted by Gasteiger charge is 2.04. The number of nitrogens with zero attached hydrogens (tertiary/aromatic N) is 2. The molecule has 0 saturated carbocycles. The van der Waals surface area contributed by atoms with Gasteiger partial charge in [-0.25, -0.2) is 0 Å². The minimum atomic E-state index is 0.610. The maximum atomic E-state index is 10.4. The van der Waals surface area contributed by atoms with Gasteiger partial charge in [-0.1, -0.05) is 6.92 Å². The lowest BCUT2D eigenvalue weighted by atomic mass is 10.4. The van der Waals surface area contributed by atoms with Gasteiger partial charge in [-0.3, -0.25) is 9.48 Å². The van der Waals surface area contributed by atoms with Gasteiger partial charge in [0.2, 0.25) is 0 Å². The quantitative estimate of drug-likeness (QED) is 0.724. The van der Waals surface area contributed by atoms with Crippen LogP contribution in [-0.2, 0) is 6.54 Å². The molecule has 0 atom stereocenters. The topological polar surface area (TPSA) is 34.9 Å². The van der Waals surface area contributed by atoms with Gasteiger partial charge in [-0.15, -0.1) is 0 Å². The van der Waals surface area contributed by atoms with Crippen LogP contribution in [0.1, 0.15) is 23.7 Å². The molecular formula is C7H9BrN2O. The molecule has 0 aliphatic rings. The van der Waals surface area contributed by atoms with E-state index in [1.807, 2.05) is 0 Å². The first-order chi connectivity index (χ1) is 5.29. The fraction of sp³-hybridized carbons (Fsp3) is 0.429. The van der Waals surface area contributed by atoms with Gasteiger partial charge < -0.3 is 0 Å². The van der Waals surface area contributed by atoms with E-state index in [1.54, 1.807) is 10.9 Å². The van der Waals surface area contributed by atoms with Gasteiger partial charge in [0.25, 0.3) is 0 Å². The van der Waals surface area contributed by atoms with E-state index in [9.17, 15) is 4.79 Å². The molecule has 0 bridgehead atoms. The molecule has 0 radical (unpaired) electrons. The third kappa shape index (κ3) is 1.68. The summed E-state index contributed by atoms with van der Waals surface area (Å²) in [6, 6.07) is 0. The maximum Gasteiger partial charge on any atom is 0.154 e. The second-order valence-corrected chi connectivity index (χ2v) is 2.98. The van der Waals surface area contributed by atoms with E-state index in [4.69, 9.17) is 0 Å². The molecule has 3 nitrogen and oxygen atoms in total. The molecule has 0 amide bonds. The zero-order valence-electron chi connectivity index (χ0n) is 6.25. The summed E-state index contributed by atoms with van der Waals surface area (Å²) in [5.41, 5.74) is 0.610. The van der Waals surface area contributed by atoms with Gasteiger partial charge in [-0.2, -0.15) is 5.10 Å². The van der Waals surface area contributed by atoms with Crippen LogP contribution in [0.15, 0.2) is 10.8 Å².